The molecule has 0 unspecified atom stereocenters. The highest BCUT2D eigenvalue weighted by Crippen LogP contribution is 2.23. The van der Waals surface area contributed by atoms with Crippen LogP contribution < -0.4 is 11.1 Å². The maximum Gasteiger partial charge on any atom is 0.254 e. The zero-order valence-corrected chi connectivity index (χ0v) is 12.7. The first kappa shape index (κ1) is 15.3. The van der Waals surface area contributed by atoms with Crippen molar-refractivity contribution in [3.05, 3.63) is 46.0 Å². The number of rotatable bonds is 3. The zero-order valence-electron chi connectivity index (χ0n) is 11.9. The van der Waals surface area contributed by atoms with Gasteiger partial charge in [0.1, 0.15) is 5.82 Å². The number of amides is 1. The van der Waals surface area contributed by atoms with Gasteiger partial charge >= 0.3 is 0 Å². The molecule has 0 aliphatic heterocycles. The van der Waals surface area contributed by atoms with Crippen molar-refractivity contribution < 1.29 is 9.18 Å². The number of nitrogen functional groups attached to an aromatic ring is 1. The minimum atomic E-state index is -0.710. The predicted octanol–water partition coefficient (Wildman–Crippen LogP) is 2.59. The number of halogens is 2. The smallest absolute Gasteiger partial charge is 0.254 e. The second-order valence-corrected chi connectivity index (χ2v) is 5.32. The first-order valence-corrected chi connectivity index (χ1v) is 6.73. The van der Waals surface area contributed by atoms with Crippen LogP contribution in [0.25, 0.3) is 0 Å². The van der Waals surface area contributed by atoms with Crippen molar-refractivity contribution >= 4 is 23.2 Å². The fourth-order valence-corrected chi connectivity index (χ4v) is 2.37. The number of aromatic nitrogens is 2. The van der Waals surface area contributed by atoms with Gasteiger partial charge in [-0.2, -0.15) is 5.10 Å². The second kappa shape index (κ2) is 5.73. The average Bonchev–Trinajstić information content (AvgIpc) is 2.72. The highest BCUT2D eigenvalue weighted by Gasteiger charge is 2.19. The Balaban J connectivity index is 2.24. The van der Waals surface area contributed by atoms with Crippen LogP contribution in [0.4, 0.5) is 10.1 Å². The molecule has 0 aliphatic carbocycles. The van der Waals surface area contributed by atoms with Gasteiger partial charge in [-0.15, -0.1) is 0 Å². The van der Waals surface area contributed by atoms with Gasteiger partial charge in [0.2, 0.25) is 0 Å². The number of aryl methyl sites for hydroxylation is 2. The summed E-state index contributed by atoms with van der Waals surface area (Å²) in [6, 6.07) is 2.13. The first-order valence-electron chi connectivity index (χ1n) is 6.35. The number of nitrogens with zero attached hydrogens (tertiary/aromatic N) is 2. The van der Waals surface area contributed by atoms with E-state index in [4.69, 9.17) is 17.3 Å². The van der Waals surface area contributed by atoms with Gasteiger partial charge in [-0.1, -0.05) is 11.6 Å². The molecule has 1 amide bonds. The monoisotopic (exact) mass is 310 g/mol. The third-order valence-electron chi connectivity index (χ3n) is 3.20. The van der Waals surface area contributed by atoms with E-state index in [0.29, 0.717) is 0 Å². The lowest BCUT2D eigenvalue weighted by Crippen LogP contribution is -2.27. The van der Waals surface area contributed by atoms with E-state index in [-0.39, 0.29) is 22.3 Å². The first-order chi connectivity index (χ1) is 9.79. The van der Waals surface area contributed by atoms with E-state index in [9.17, 15) is 9.18 Å². The van der Waals surface area contributed by atoms with Crippen molar-refractivity contribution in [3.8, 4) is 0 Å². The van der Waals surface area contributed by atoms with Gasteiger partial charge in [-0.3, -0.25) is 9.48 Å². The van der Waals surface area contributed by atoms with Gasteiger partial charge in [0.15, 0.2) is 0 Å². The van der Waals surface area contributed by atoms with Gasteiger partial charge in [0.05, 0.1) is 23.0 Å². The summed E-state index contributed by atoms with van der Waals surface area (Å²) in [6.07, 6.45) is 1.82. The van der Waals surface area contributed by atoms with Crippen molar-refractivity contribution in [1.82, 2.24) is 15.1 Å². The molecule has 1 aromatic heterocycles. The van der Waals surface area contributed by atoms with E-state index < -0.39 is 11.7 Å². The van der Waals surface area contributed by atoms with Gasteiger partial charge in [-0.05, 0) is 26.0 Å². The molecule has 0 aliphatic rings. The Morgan fingerprint density at radius 1 is 1.52 bits per heavy atom. The fraction of sp³-hybridized carbons (Fsp3) is 0.286. The fourth-order valence-electron chi connectivity index (χ4n) is 2.17. The quantitative estimate of drug-likeness (QED) is 0.856. The Hall–Kier alpha value is -2.08. The lowest BCUT2D eigenvalue weighted by molar-refractivity contribution is 0.0940. The summed E-state index contributed by atoms with van der Waals surface area (Å²) in [5.41, 5.74) is 7.09. The van der Waals surface area contributed by atoms with Crippen molar-refractivity contribution in [3.63, 3.8) is 0 Å². The molecule has 1 atom stereocenters. The van der Waals surface area contributed by atoms with Gasteiger partial charge < -0.3 is 11.1 Å². The molecule has 0 fully saturated rings. The lowest BCUT2D eigenvalue weighted by atomic mass is 10.1. The molecule has 7 heteroatoms. The van der Waals surface area contributed by atoms with E-state index in [0.717, 1.165) is 17.3 Å². The molecule has 21 heavy (non-hydrogen) atoms. The van der Waals surface area contributed by atoms with E-state index in [2.05, 4.69) is 10.4 Å². The van der Waals surface area contributed by atoms with Crippen LogP contribution in [0.5, 0.6) is 0 Å². The van der Waals surface area contributed by atoms with Gasteiger partial charge in [-0.25, -0.2) is 4.39 Å². The molecule has 5 nitrogen and oxygen atoms in total. The SMILES string of the molecule is Cc1nn(C)cc1[C@H](C)NC(=O)c1cc(Cl)cc(F)c1N. The van der Waals surface area contributed by atoms with E-state index >= 15 is 0 Å². The second-order valence-electron chi connectivity index (χ2n) is 4.89. The van der Waals surface area contributed by atoms with Crippen LogP contribution in [0.3, 0.4) is 0 Å². The largest absolute Gasteiger partial charge is 0.396 e. The normalized spacial score (nSPS) is 12.2. The molecule has 0 saturated carbocycles. The van der Waals surface area contributed by atoms with E-state index in [1.165, 1.54) is 6.07 Å². The molecule has 0 bridgehead atoms. The third kappa shape index (κ3) is 3.16. The lowest BCUT2D eigenvalue weighted by Gasteiger charge is -2.14. The zero-order chi connectivity index (χ0) is 15.7. The number of hydrogen-bond acceptors (Lipinski definition) is 3. The van der Waals surface area contributed by atoms with Gasteiger partial charge in [0.25, 0.3) is 5.91 Å². The summed E-state index contributed by atoms with van der Waals surface area (Å²) in [4.78, 5) is 12.2. The average molecular weight is 311 g/mol. The summed E-state index contributed by atoms with van der Waals surface area (Å²) >= 11 is 5.76. The van der Waals surface area contributed by atoms with Crippen LogP contribution in [0.1, 0.15) is 34.6 Å². The summed E-state index contributed by atoms with van der Waals surface area (Å²) in [5.74, 6) is -1.19. The number of nitrogens with two attached hydrogens (primary N) is 1. The summed E-state index contributed by atoms with van der Waals surface area (Å²) < 4.78 is 15.2. The summed E-state index contributed by atoms with van der Waals surface area (Å²) in [5, 5.41) is 7.10. The van der Waals surface area contributed by atoms with Crippen LogP contribution in [-0.4, -0.2) is 15.7 Å². The maximum atomic E-state index is 13.5. The van der Waals surface area contributed by atoms with Crippen molar-refractivity contribution in [2.75, 3.05) is 5.73 Å². The van der Waals surface area contributed by atoms with Crippen LogP contribution in [0, 0.1) is 12.7 Å². The van der Waals surface area contributed by atoms with Crippen LogP contribution in [0.2, 0.25) is 5.02 Å². The molecule has 2 rings (SSSR count). The van der Waals surface area contributed by atoms with Gasteiger partial charge in [0, 0.05) is 23.8 Å². The van der Waals surface area contributed by atoms with Crippen LogP contribution >= 0.6 is 11.6 Å². The molecule has 0 saturated heterocycles. The van der Waals surface area contributed by atoms with Crippen LogP contribution in [-0.2, 0) is 7.05 Å². The molecule has 0 radical (unpaired) electrons. The Morgan fingerprint density at radius 3 is 2.76 bits per heavy atom. The Kier molecular flexibility index (Phi) is 4.18. The molecule has 0 spiro atoms. The molecule has 3 N–H and O–H groups in total. The number of carbonyl (C=O) groups excluding carboxylic acids is 1. The molecular formula is C14H16ClFN4O. The minimum Gasteiger partial charge on any atom is -0.396 e. The highest BCUT2D eigenvalue weighted by atomic mass is 35.5. The Morgan fingerprint density at radius 2 is 2.19 bits per heavy atom. The number of hydrogen-bond donors (Lipinski definition) is 2. The van der Waals surface area contributed by atoms with Crippen molar-refractivity contribution in [2.45, 2.75) is 19.9 Å². The summed E-state index contributed by atoms with van der Waals surface area (Å²) in [7, 11) is 1.80. The van der Waals surface area contributed by atoms with Crippen molar-refractivity contribution in [1.29, 1.82) is 0 Å². The minimum absolute atomic E-state index is 0.0217. The number of benzene rings is 1. The molecular weight excluding hydrogens is 295 g/mol. The Bertz CT molecular complexity index is 699. The Labute approximate surface area is 126 Å². The summed E-state index contributed by atoms with van der Waals surface area (Å²) in [6.45, 7) is 3.67. The topological polar surface area (TPSA) is 72.9 Å². The van der Waals surface area contributed by atoms with E-state index in [1.54, 1.807) is 11.7 Å². The standard InChI is InChI=1S/C14H16ClFN4O/c1-7(11-6-20(3)19-8(11)2)18-14(21)10-4-9(15)5-12(16)13(10)17/h4-7H,17H2,1-3H3,(H,18,21)/t7-/m0/s1. The maximum absolute atomic E-state index is 13.5. The predicted molar refractivity (Wildman–Crippen MR) is 79.6 cm³/mol. The molecule has 2 aromatic rings. The molecule has 112 valence electrons. The third-order valence-corrected chi connectivity index (χ3v) is 3.42. The van der Waals surface area contributed by atoms with E-state index in [1.807, 2.05) is 20.0 Å². The van der Waals surface area contributed by atoms with Crippen LogP contribution in [0.15, 0.2) is 18.3 Å². The molecule has 1 aromatic carbocycles. The number of anilines is 1. The highest BCUT2D eigenvalue weighted by molar-refractivity contribution is 6.31. The van der Waals surface area contributed by atoms with Crippen molar-refractivity contribution in [2.24, 2.45) is 7.05 Å². The number of nitrogens with one attached hydrogen (secondary N) is 1. The number of carbonyl (C=O) groups is 1. The molecule has 1 heterocycles.